The zero-order valence-corrected chi connectivity index (χ0v) is 15.2. The van der Waals surface area contributed by atoms with Gasteiger partial charge < -0.3 is 11.1 Å². The van der Waals surface area contributed by atoms with Crippen molar-refractivity contribution in [1.29, 1.82) is 0 Å². The first-order chi connectivity index (χ1) is 12.4. The topological polar surface area (TPSA) is 72.2 Å². The second kappa shape index (κ2) is 7.77. The second-order valence-electron chi connectivity index (χ2n) is 5.93. The maximum absolute atomic E-state index is 12.6. The summed E-state index contributed by atoms with van der Waals surface area (Å²) in [6.07, 6.45) is 0.185. The molecule has 0 heterocycles. The zero-order valence-electron chi connectivity index (χ0n) is 13.7. The van der Waals surface area contributed by atoms with Crippen LogP contribution in [0.1, 0.15) is 15.9 Å². The van der Waals surface area contributed by atoms with Gasteiger partial charge in [-0.3, -0.25) is 9.59 Å². The number of carbonyl (C=O) groups is 2. The van der Waals surface area contributed by atoms with Gasteiger partial charge in [0.05, 0.1) is 0 Å². The van der Waals surface area contributed by atoms with Crippen LogP contribution in [0.25, 0.3) is 10.8 Å². The van der Waals surface area contributed by atoms with Crippen molar-refractivity contribution in [2.45, 2.75) is 12.5 Å². The van der Waals surface area contributed by atoms with Crippen LogP contribution in [0.2, 0.25) is 10.0 Å². The van der Waals surface area contributed by atoms with Gasteiger partial charge >= 0.3 is 0 Å². The molecule has 0 saturated heterocycles. The van der Waals surface area contributed by atoms with Crippen LogP contribution in [0.4, 0.5) is 0 Å². The van der Waals surface area contributed by atoms with Crippen LogP contribution in [-0.4, -0.2) is 17.9 Å². The molecule has 0 aliphatic heterocycles. The summed E-state index contributed by atoms with van der Waals surface area (Å²) in [5.74, 6) is -1.00. The first-order valence-corrected chi connectivity index (χ1v) is 8.72. The summed E-state index contributed by atoms with van der Waals surface area (Å²) in [6.45, 7) is 0. The molecule has 26 heavy (non-hydrogen) atoms. The van der Waals surface area contributed by atoms with Crippen molar-refractivity contribution < 1.29 is 9.59 Å². The highest BCUT2D eigenvalue weighted by Gasteiger charge is 2.21. The third-order valence-corrected chi connectivity index (χ3v) is 4.69. The normalized spacial score (nSPS) is 11.9. The SMILES string of the molecule is NC(=O)[C@@H](Cc1ccc(Cl)cc1Cl)NC(=O)c1ccc2ccccc2c1. The lowest BCUT2D eigenvalue weighted by Crippen LogP contribution is -2.45. The molecule has 1 atom stereocenters. The molecule has 0 spiro atoms. The van der Waals surface area contributed by atoms with Crippen molar-refractivity contribution in [1.82, 2.24) is 5.32 Å². The van der Waals surface area contributed by atoms with Crippen molar-refractivity contribution in [2.24, 2.45) is 5.73 Å². The number of hydrogen-bond acceptors (Lipinski definition) is 2. The Labute approximate surface area is 160 Å². The van der Waals surface area contributed by atoms with Gasteiger partial charge in [0.15, 0.2) is 0 Å². The quantitative estimate of drug-likeness (QED) is 0.695. The molecule has 0 bridgehead atoms. The van der Waals surface area contributed by atoms with Crippen LogP contribution in [0, 0.1) is 0 Å². The van der Waals surface area contributed by atoms with E-state index >= 15 is 0 Å². The predicted molar refractivity (Wildman–Crippen MR) is 105 cm³/mol. The van der Waals surface area contributed by atoms with E-state index in [0.717, 1.165) is 10.8 Å². The second-order valence-corrected chi connectivity index (χ2v) is 6.77. The van der Waals surface area contributed by atoms with Crippen LogP contribution in [0.5, 0.6) is 0 Å². The maximum atomic E-state index is 12.6. The average Bonchev–Trinajstić information content (AvgIpc) is 2.62. The average molecular weight is 387 g/mol. The Bertz CT molecular complexity index is 988. The fraction of sp³-hybridized carbons (Fsp3) is 0.100. The smallest absolute Gasteiger partial charge is 0.251 e. The van der Waals surface area contributed by atoms with Crippen LogP contribution < -0.4 is 11.1 Å². The molecule has 3 rings (SSSR count). The number of amides is 2. The molecule has 132 valence electrons. The lowest BCUT2D eigenvalue weighted by molar-refractivity contribution is -0.119. The minimum Gasteiger partial charge on any atom is -0.368 e. The monoisotopic (exact) mass is 386 g/mol. The number of primary amides is 1. The van der Waals surface area contributed by atoms with Gasteiger partial charge in [0.2, 0.25) is 5.91 Å². The van der Waals surface area contributed by atoms with Crippen LogP contribution in [0.15, 0.2) is 60.7 Å². The van der Waals surface area contributed by atoms with E-state index in [0.29, 0.717) is 21.2 Å². The highest BCUT2D eigenvalue weighted by Crippen LogP contribution is 2.22. The Morgan fingerprint density at radius 1 is 0.962 bits per heavy atom. The lowest BCUT2D eigenvalue weighted by atomic mass is 10.0. The molecule has 0 saturated carbocycles. The molecule has 3 aromatic carbocycles. The Kier molecular flexibility index (Phi) is 5.45. The summed E-state index contributed by atoms with van der Waals surface area (Å²) in [7, 11) is 0. The van der Waals surface area contributed by atoms with Gasteiger partial charge in [-0.1, -0.05) is 59.6 Å². The summed E-state index contributed by atoms with van der Waals surface area (Å²) in [6, 6.07) is 17.2. The fourth-order valence-electron chi connectivity index (χ4n) is 2.70. The van der Waals surface area contributed by atoms with Crippen molar-refractivity contribution in [3.8, 4) is 0 Å². The summed E-state index contributed by atoms with van der Waals surface area (Å²) < 4.78 is 0. The molecule has 6 heteroatoms. The third kappa shape index (κ3) is 4.15. The summed E-state index contributed by atoms with van der Waals surface area (Å²) in [4.78, 5) is 24.4. The number of rotatable bonds is 5. The standard InChI is InChI=1S/C20H16Cl2N2O2/c21-16-8-7-14(17(22)11-16)10-18(19(23)25)24-20(26)15-6-5-12-3-1-2-4-13(12)9-15/h1-9,11,18H,10H2,(H2,23,25)(H,24,26)/t18-/m1/s1. The molecule has 0 fully saturated rings. The van der Waals surface area contributed by atoms with Gasteiger partial charge in [0, 0.05) is 22.0 Å². The van der Waals surface area contributed by atoms with E-state index in [1.165, 1.54) is 0 Å². The molecule has 0 unspecified atom stereocenters. The summed E-state index contributed by atoms with van der Waals surface area (Å²) in [5.41, 5.74) is 6.59. The molecule has 0 aliphatic carbocycles. The number of halogens is 2. The third-order valence-electron chi connectivity index (χ3n) is 4.10. The van der Waals surface area contributed by atoms with Crippen LogP contribution in [-0.2, 0) is 11.2 Å². The van der Waals surface area contributed by atoms with Gasteiger partial charge in [0.1, 0.15) is 6.04 Å². The molecule has 0 radical (unpaired) electrons. The van der Waals surface area contributed by atoms with Gasteiger partial charge in [-0.05, 0) is 40.6 Å². The van der Waals surface area contributed by atoms with Crippen molar-refractivity contribution in [2.75, 3.05) is 0 Å². The minimum atomic E-state index is -0.882. The fourth-order valence-corrected chi connectivity index (χ4v) is 3.19. The molecule has 3 aromatic rings. The van der Waals surface area contributed by atoms with Gasteiger partial charge in [-0.2, -0.15) is 0 Å². The Hall–Kier alpha value is -2.56. The molecule has 4 nitrogen and oxygen atoms in total. The van der Waals surface area contributed by atoms with Crippen molar-refractivity contribution in [3.05, 3.63) is 81.8 Å². The van der Waals surface area contributed by atoms with Crippen LogP contribution in [0.3, 0.4) is 0 Å². The van der Waals surface area contributed by atoms with E-state index in [1.54, 1.807) is 30.3 Å². The highest BCUT2D eigenvalue weighted by molar-refractivity contribution is 6.35. The Balaban J connectivity index is 1.80. The molecule has 0 aromatic heterocycles. The van der Waals surface area contributed by atoms with Gasteiger partial charge in [0.25, 0.3) is 5.91 Å². The predicted octanol–water partition coefficient (Wildman–Crippen LogP) is 3.97. The van der Waals surface area contributed by atoms with E-state index in [4.69, 9.17) is 28.9 Å². The van der Waals surface area contributed by atoms with E-state index < -0.39 is 11.9 Å². The molecule has 0 aliphatic rings. The Morgan fingerprint density at radius 2 is 1.69 bits per heavy atom. The molecular weight excluding hydrogens is 371 g/mol. The largest absolute Gasteiger partial charge is 0.368 e. The highest BCUT2D eigenvalue weighted by atomic mass is 35.5. The molecule has 2 amide bonds. The van der Waals surface area contributed by atoms with Gasteiger partial charge in [-0.15, -0.1) is 0 Å². The first-order valence-electron chi connectivity index (χ1n) is 7.97. The minimum absolute atomic E-state index is 0.185. The summed E-state index contributed by atoms with van der Waals surface area (Å²) in [5, 5.41) is 5.57. The molecular formula is C20H16Cl2N2O2. The van der Waals surface area contributed by atoms with Crippen molar-refractivity contribution in [3.63, 3.8) is 0 Å². The first kappa shape index (κ1) is 18.2. The van der Waals surface area contributed by atoms with E-state index in [1.807, 2.05) is 30.3 Å². The zero-order chi connectivity index (χ0) is 18.7. The number of fused-ring (bicyclic) bond motifs is 1. The van der Waals surface area contributed by atoms with E-state index in [2.05, 4.69) is 5.32 Å². The van der Waals surface area contributed by atoms with E-state index in [9.17, 15) is 9.59 Å². The van der Waals surface area contributed by atoms with Crippen molar-refractivity contribution >= 4 is 45.8 Å². The number of hydrogen-bond donors (Lipinski definition) is 2. The maximum Gasteiger partial charge on any atom is 0.251 e. The van der Waals surface area contributed by atoms with Crippen LogP contribution >= 0.6 is 23.2 Å². The summed E-state index contributed by atoms with van der Waals surface area (Å²) >= 11 is 12.0. The number of nitrogens with one attached hydrogen (secondary N) is 1. The number of carbonyl (C=O) groups excluding carboxylic acids is 2. The lowest BCUT2D eigenvalue weighted by Gasteiger charge is -2.17. The number of benzene rings is 3. The Morgan fingerprint density at radius 3 is 2.38 bits per heavy atom. The van der Waals surface area contributed by atoms with Gasteiger partial charge in [-0.25, -0.2) is 0 Å². The van der Waals surface area contributed by atoms with E-state index in [-0.39, 0.29) is 12.3 Å². The molecule has 3 N–H and O–H groups in total. The number of nitrogens with two attached hydrogens (primary N) is 1.